The fourth-order valence-corrected chi connectivity index (χ4v) is 2.88. The highest BCUT2D eigenvalue weighted by atomic mass is 16.5. The monoisotopic (exact) mass is 323 g/mol. The lowest BCUT2D eigenvalue weighted by Gasteiger charge is -2.10. The first-order valence-electron chi connectivity index (χ1n) is 8.05. The van der Waals surface area contributed by atoms with Crippen LogP contribution in [-0.4, -0.2) is 22.6 Å². The smallest absolute Gasteiger partial charge is 0.224 e. The summed E-state index contributed by atoms with van der Waals surface area (Å²) >= 11 is 0. The van der Waals surface area contributed by atoms with Gasteiger partial charge in [-0.25, -0.2) is 4.98 Å². The predicted octanol–water partition coefficient (Wildman–Crippen LogP) is 2.92. The molecule has 0 spiro atoms. The lowest BCUT2D eigenvalue weighted by molar-refractivity contribution is -0.120. The first kappa shape index (κ1) is 16.1. The van der Waals surface area contributed by atoms with Crippen molar-refractivity contribution in [2.24, 2.45) is 0 Å². The van der Waals surface area contributed by atoms with Gasteiger partial charge in [0, 0.05) is 12.1 Å². The van der Waals surface area contributed by atoms with Crippen LogP contribution in [0.4, 0.5) is 0 Å². The quantitative estimate of drug-likeness (QED) is 0.759. The van der Waals surface area contributed by atoms with Gasteiger partial charge in [0.2, 0.25) is 5.91 Å². The molecule has 2 aromatic carbocycles. The zero-order chi connectivity index (χ0) is 16.9. The largest absolute Gasteiger partial charge is 0.496 e. The summed E-state index contributed by atoms with van der Waals surface area (Å²) in [4.78, 5) is 16.9. The number of imidazole rings is 1. The summed E-state index contributed by atoms with van der Waals surface area (Å²) in [6.07, 6.45) is 0.288. The standard InChI is InChI=1S/C19H21N3O2/c1-3-22-16-10-6-5-9-15(16)21-18(22)13-20-19(23)12-14-8-4-7-11-17(14)24-2/h4-11H,3,12-13H2,1-2H3,(H,20,23). The molecule has 5 nitrogen and oxygen atoms in total. The second-order valence-electron chi connectivity index (χ2n) is 5.53. The van der Waals surface area contributed by atoms with Crippen molar-refractivity contribution in [3.8, 4) is 5.75 Å². The van der Waals surface area contributed by atoms with E-state index in [1.807, 2.05) is 48.5 Å². The molecule has 0 aliphatic carbocycles. The van der Waals surface area contributed by atoms with Gasteiger partial charge < -0.3 is 14.6 Å². The molecule has 124 valence electrons. The lowest BCUT2D eigenvalue weighted by atomic mass is 10.1. The summed E-state index contributed by atoms with van der Waals surface area (Å²) in [7, 11) is 1.61. The number of para-hydroxylation sites is 3. The molecule has 24 heavy (non-hydrogen) atoms. The van der Waals surface area contributed by atoms with Gasteiger partial charge >= 0.3 is 0 Å². The van der Waals surface area contributed by atoms with E-state index in [1.165, 1.54) is 0 Å². The van der Waals surface area contributed by atoms with E-state index in [-0.39, 0.29) is 12.3 Å². The van der Waals surface area contributed by atoms with Crippen molar-refractivity contribution in [1.82, 2.24) is 14.9 Å². The van der Waals surface area contributed by atoms with Gasteiger partial charge in [-0.15, -0.1) is 0 Å². The minimum atomic E-state index is -0.0470. The maximum absolute atomic E-state index is 12.3. The molecule has 0 unspecified atom stereocenters. The summed E-state index contributed by atoms with van der Waals surface area (Å²) in [5, 5.41) is 2.96. The van der Waals surface area contributed by atoms with Crippen LogP contribution in [0.1, 0.15) is 18.3 Å². The van der Waals surface area contributed by atoms with Gasteiger partial charge in [0.05, 0.1) is 31.1 Å². The SMILES string of the molecule is CCn1c(CNC(=O)Cc2ccccc2OC)nc2ccccc21. The van der Waals surface area contributed by atoms with E-state index in [2.05, 4.69) is 21.8 Å². The van der Waals surface area contributed by atoms with Crippen LogP contribution in [0, 0.1) is 0 Å². The van der Waals surface area contributed by atoms with Gasteiger partial charge in [-0.05, 0) is 25.1 Å². The molecular weight excluding hydrogens is 302 g/mol. The van der Waals surface area contributed by atoms with Crippen LogP contribution in [0.5, 0.6) is 5.75 Å². The zero-order valence-corrected chi connectivity index (χ0v) is 14.0. The van der Waals surface area contributed by atoms with E-state index in [4.69, 9.17) is 4.74 Å². The van der Waals surface area contributed by atoms with Crippen molar-refractivity contribution < 1.29 is 9.53 Å². The third-order valence-electron chi connectivity index (χ3n) is 4.04. The molecule has 0 aliphatic heterocycles. The van der Waals surface area contributed by atoms with Crippen molar-refractivity contribution in [3.05, 3.63) is 59.9 Å². The Kier molecular flexibility index (Phi) is 4.79. The van der Waals surface area contributed by atoms with Crippen LogP contribution < -0.4 is 10.1 Å². The van der Waals surface area contributed by atoms with Crippen molar-refractivity contribution in [3.63, 3.8) is 0 Å². The van der Waals surface area contributed by atoms with Gasteiger partial charge in [-0.2, -0.15) is 0 Å². The number of fused-ring (bicyclic) bond motifs is 1. The highest BCUT2D eigenvalue weighted by Crippen LogP contribution is 2.18. The van der Waals surface area contributed by atoms with Crippen LogP contribution in [0.2, 0.25) is 0 Å². The predicted molar refractivity (Wildman–Crippen MR) is 94.0 cm³/mol. The molecular formula is C19H21N3O2. The van der Waals surface area contributed by atoms with E-state index >= 15 is 0 Å². The normalized spacial score (nSPS) is 10.8. The number of carbonyl (C=O) groups excluding carboxylic acids is 1. The van der Waals surface area contributed by atoms with Crippen molar-refractivity contribution in [2.45, 2.75) is 26.4 Å². The highest BCUT2D eigenvalue weighted by molar-refractivity contribution is 5.79. The maximum atomic E-state index is 12.3. The molecule has 0 fully saturated rings. The highest BCUT2D eigenvalue weighted by Gasteiger charge is 2.12. The number of hydrogen-bond acceptors (Lipinski definition) is 3. The topological polar surface area (TPSA) is 56.2 Å². The molecule has 1 heterocycles. The fourth-order valence-electron chi connectivity index (χ4n) is 2.88. The molecule has 5 heteroatoms. The Balaban J connectivity index is 1.70. The van der Waals surface area contributed by atoms with Crippen LogP contribution in [0.3, 0.4) is 0 Å². The number of carbonyl (C=O) groups is 1. The zero-order valence-electron chi connectivity index (χ0n) is 14.0. The van der Waals surface area contributed by atoms with Gasteiger partial charge in [0.15, 0.2) is 0 Å². The summed E-state index contributed by atoms with van der Waals surface area (Å²) in [5.41, 5.74) is 2.92. The summed E-state index contributed by atoms with van der Waals surface area (Å²) in [6.45, 7) is 3.31. The third-order valence-corrected chi connectivity index (χ3v) is 4.04. The fraction of sp³-hybridized carbons (Fsp3) is 0.263. The first-order valence-corrected chi connectivity index (χ1v) is 8.05. The number of aromatic nitrogens is 2. The van der Waals surface area contributed by atoms with Gasteiger partial charge in [-0.3, -0.25) is 4.79 Å². The minimum Gasteiger partial charge on any atom is -0.496 e. The molecule has 3 rings (SSSR count). The number of methoxy groups -OCH3 is 1. The van der Waals surface area contributed by atoms with Gasteiger partial charge in [0.1, 0.15) is 11.6 Å². The van der Waals surface area contributed by atoms with Crippen molar-refractivity contribution >= 4 is 16.9 Å². The van der Waals surface area contributed by atoms with E-state index in [9.17, 15) is 4.79 Å². The van der Waals surface area contributed by atoms with Gasteiger partial charge in [0.25, 0.3) is 0 Å². The molecule has 0 saturated heterocycles. The Bertz CT molecular complexity index is 855. The van der Waals surface area contributed by atoms with Gasteiger partial charge in [-0.1, -0.05) is 30.3 Å². The number of hydrogen-bond donors (Lipinski definition) is 1. The Morgan fingerprint density at radius 1 is 1.17 bits per heavy atom. The molecule has 1 amide bonds. The third kappa shape index (κ3) is 3.25. The first-order chi connectivity index (χ1) is 11.7. The van der Waals surface area contributed by atoms with E-state index in [0.717, 1.165) is 34.7 Å². The van der Waals surface area contributed by atoms with Crippen LogP contribution in [0.25, 0.3) is 11.0 Å². The summed E-state index contributed by atoms with van der Waals surface area (Å²) < 4.78 is 7.41. The Labute approximate surface area is 141 Å². The average Bonchev–Trinajstić information content (AvgIpc) is 2.98. The number of ether oxygens (including phenoxy) is 1. The van der Waals surface area contributed by atoms with Crippen molar-refractivity contribution in [2.75, 3.05) is 7.11 Å². The maximum Gasteiger partial charge on any atom is 0.224 e. The average molecular weight is 323 g/mol. The Morgan fingerprint density at radius 3 is 2.71 bits per heavy atom. The second kappa shape index (κ2) is 7.17. The minimum absolute atomic E-state index is 0.0470. The van der Waals surface area contributed by atoms with E-state index in [1.54, 1.807) is 7.11 Å². The van der Waals surface area contributed by atoms with Crippen LogP contribution in [-0.2, 0) is 24.3 Å². The number of nitrogens with zero attached hydrogens (tertiary/aromatic N) is 2. The van der Waals surface area contributed by atoms with Crippen LogP contribution in [0.15, 0.2) is 48.5 Å². The Morgan fingerprint density at radius 2 is 1.92 bits per heavy atom. The number of nitrogens with one attached hydrogen (secondary N) is 1. The second-order valence-corrected chi connectivity index (χ2v) is 5.53. The molecule has 0 saturated carbocycles. The molecule has 0 aliphatic rings. The number of amides is 1. The molecule has 1 aromatic heterocycles. The molecule has 0 atom stereocenters. The molecule has 0 bridgehead atoms. The summed E-state index contributed by atoms with van der Waals surface area (Å²) in [5.74, 6) is 1.55. The number of benzene rings is 2. The molecule has 0 radical (unpaired) electrons. The number of rotatable bonds is 6. The van der Waals surface area contributed by atoms with E-state index < -0.39 is 0 Å². The molecule has 3 aromatic rings. The summed E-state index contributed by atoms with van der Waals surface area (Å²) in [6, 6.07) is 15.6. The Hall–Kier alpha value is -2.82. The van der Waals surface area contributed by atoms with Crippen LogP contribution >= 0.6 is 0 Å². The molecule has 1 N–H and O–H groups in total. The number of aryl methyl sites for hydroxylation is 1. The van der Waals surface area contributed by atoms with Crippen molar-refractivity contribution in [1.29, 1.82) is 0 Å². The van der Waals surface area contributed by atoms with E-state index in [0.29, 0.717) is 6.54 Å². The lowest BCUT2D eigenvalue weighted by Crippen LogP contribution is -2.26.